The zero-order valence-electron chi connectivity index (χ0n) is 13.6. The molecule has 1 heterocycles. The summed E-state index contributed by atoms with van der Waals surface area (Å²) in [5, 5.41) is 5.24. The standard InChI is InChI=1S/C18H14ClIN2O4/c1-25-15-8-10(7-14-17(23)22-18(24)21-14)6-13(20)16(15)26-9-11-4-2-3-5-12(11)19/h2-8H,9H2,1H3,(H2,21,22,23,24)/b14-7+. The number of carbonyl (C=O) groups is 2. The molecule has 2 aromatic rings. The van der Waals surface area contributed by atoms with Crippen LogP contribution in [0, 0.1) is 3.57 Å². The molecule has 2 N–H and O–H groups in total. The average Bonchev–Trinajstić information content (AvgIpc) is 2.92. The topological polar surface area (TPSA) is 76.7 Å². The van der Waals surface area contributed by atoms with Crippen LogP contribution in [0.1, 0.15) is 11.1 Å². The summed E-state index contributed by atoms with van der Waals surface area (Å²) in [5.41, 5.74) is 1.74. The fourth-order valence-electron chi connectivity index (χ4n) is 2.38. The van der Waals surface area contributed by atoms with E-state index in [0.29, 0.717) is 28.7 Å². The predicted octanol–water partition coefficient (Wildman–Crippen LogP) is 3.71. The number of methoxy groups -OCH3 is 1. The van der Waals surface area contributed by atoms with Crippen molar-refractivity contribution in [2.75, 3.05) is 7.11 Å². The van der Waals surface area contributed by atoms with Gasteiger partial charge in [0.25, 0.3) is 5.91 Å². The minimum atomic E-state index is -0.539. The normalized spacial score (nSPS) is 15.0. The highest BCUT2D eigenvalue weighted by Crippen LogP contribution is 2.35. The van der Waals surface area contributed by atoms with Crippen LogP contribution in [0.25, 0.3) is 6.08 Å². The lowest BCUT2D eigenvalue weighted by Crippen LogP contribution is -2.22. The van der Waals surface area contributed by atoms with Gasteiger partial charge in [-0.3, -0.25) is 10.1 Å². The van der Waals surface area contributed by atoms with E-state index in [2.05, 4.69) is 33.2 Å². The summed E-state index contributed by atoms with van der Waals surface area (Å²) in [6.07, 6.45) is 1.57. The molecule has 26 heavy (non-hydrogen) atoms. The Bertz CT molecular complexity index is 914. The molecule has 0 spiro atoms. The van der Waals surface area contributed by atoms with E-state index in [0.717, 1.165) is 9.13 Å². The molecule has 2 aromatic carbocycles. The maximum absolute atomic E-state index is 11.7. The largest absolute Gasteiger partial charge is 0.493 e. The third-order valence-electron chi connectivity index (χ3n) is 3.61. The van der Waals surface area contributed by atoms with Crippen LogP contribution in [-0.4, -0.2) is 19.0 Å². The number of nitrogens with one attached hydrogen (secondary N) is 2. The van der Waals surface area contributed by atoms with Crippen molar-refractivity contribution < 1.29 is 19.1 Å². The number of rotatable bonds is 5. The van der Waals surface area contributed by atoms with Crippen LogP contribution in [0.3, 0.4) is 0 Å². The van der Waals surface area contributed by atoms with Crippen molar-refractivity contribution in [2.24, 2.45) is 0 Å². The Morgan fingerprint density at radius 3 is 2.62 bits per heavy atom. The van der Waals surface area contributed by atoms with Crippen molar-refractivity contribution in [1.29, 1.82) is 0 Å². The number of hydrogen-bond acceptors (Lipinski definition) is 4. The molecule has 3 amide bonds. The smallest absolute Gasteiger partial charge is 0.326 e. The number of ether oxygens (including phenoxy) is 2. The SMILES string of the molecule is COc1cc(/C=C2/NC(=O)NC2=O)cc(I)c1OCc1ccccc1Cl. The number of imide groups is 1. The molecule has 0 radical (unpaired) electrons. The first-order valence-corrected chi connectivity index (χ1v) is 9.01. The summed E-state index contributed by atoms with van der Waals surface area (Å²) in [6.45, 7) is 0.297. The molecule has 1 aliphatic rings. The summed E-state index contributed by atoms with van der Waals surface area (Å²) >= 11 is 8.28. The second kappa shape index (κ2) is 7.96. The van der Waals surface area contributed by atoms with E-state index in [1.807, 2.05) is 24.3 Å². The van der Waals surface area contributed by atoms with Crippen LogP contribution in [0.5, 0.6) is 11.5 Å². The van der Waals surface area contributed by atoms with Gasteiger partial charge in [0.2, 0.25) is 0 Å². The van der Waals surface area contributed by atoms with Crippen molar-refractivity contribution >= 4 is 52.2 Å². The van der Waals surface area contributed by atoms with Gasteiger partial charge in [-0.15, -0.1) is 0 Å². The third-order valence-corrected chi connectivity index (χ3v) is 4.78. The second-order valence-corrected chi connectivity index (χ2v) is 6.95. The Morgan fingerprint density at radius 2 is 1.96 bits per heavy atom. The first-order chi connectivity index (χ1) is 12.5. The van der Waals surface area contributed by atoms with Crippen LogP contribution < -0.4 is 20.1 Å². The minimum absolute atomic E-state index is 0.178. The zero-order chi connectivity index (χ0) is 18.7. The molecule has 6 nitrogen and oxygen atoms in total. The molecule has 1 fully saturated rings. The lowest BCUT2D eigenvalue weighted by atomic mass is 10.1. The van der Waals surface area contributed by atoms with Crippen LogP contribution in [0.15, 0.2) is 42.1 Å². The number of amides is 3. The molecule has 0 aromatic heterocycles. The van der Waals surface area contributed by atoms with E-state index in [1.165, 1.54) is 7.11 Å². The number of benzene rings is 2. The summed E-state index contributed by atoms with van der Waals surface area (Å²) < 4.78 is 12.1. The summed E-state index contributed by atoms with van der Waals surface area (Å²) in [5.74, 6) is 0.624. The Balaban J connectivity index is 1.86. The fraction of sp³-hybridized carbons (Fsp3) is 0.111. The van der Waals surface area contributed by atoms with Crippen LogP contribution in [0.2, 0.25) is 5.02 Å². The van der Waals surface area contributed by atoms with E-state index in [1.54, 1.807) is 18.2 Å². The Morgan fingerprint density at radius 1 is 1.19 bits per heavy atom. The highest BCUT2D eigenvalue weighted by molar-refractivity contribution is 14.1. The highest BCUT2D eigenvalue weighted by Gasteiger charge is 2.23. The van der Waals surface area contributed by atoms with Crippen molar-refractivity contribution in [2.45, 2.75) is 6.61 Å². The summed E-state index contributed by atoms with van der Waals surface area (Å²) in [4.78, 5) is 22.9. The lowest BCUT2D eigenvalue weighted by Gasteiger charge is -2.14. The number of hydrogen-bond donors (Lipinski definition) is 2. The van der Waals surface area contributed by atoms with E-state index in [9.17, 15) is 9.59 Å². The van der Waals surface area contributed by atoms with E-state index in [-0.39, 0.29) is 5.70 Å². The van der Waals surface area contributed by atoms with E-state index in [4.69, 9.17) is 21.1 Å². The van der Waals surface area contributed by atoms with Crippen LogP contribution >= 0.6 is 34.2 Å². The van der Waals surface area contributed by atoms with Gasteiger partial charge in [0.05, 0.1) is 10.7 Å². The molecular formula is C18H14ClIN2O4. The third kappa shape index (κ3) is 4.10. The fourth-order valence-corrected chi connectivity index (χ4v) is 3.35. The van der Waals surface area contributed by atoms with E-state index < -0.39 is 11.9 Å². The second-order valence-electron chi connectivity index (χ2n) is 5.38. The maximum atomic E-state index is 11.7. The highest BCUT2D eigenvalue weighted by atomic mass is 127. The lowest BCUT2D eigenvalue weighted by molar-refractivity contribution is -0.115. The maximum Gasteiger partial charge on any atom is 0.326 e. The van der Waals surface area contributed by atoms with Crippen molar-refractivity contribution in [1.82, 2.24) is 10.6 Å². The molecule has 0 aliphatic carbocycles. The summed E-state index contributed by atoms with van der Waals surface area (Å²) in [6, 6.07) is 10.5. The van der Waals surface area contributed by atoms with Crippen molar-refractivity contribution in [3.05, 3.63) is 61.8 Å². The van der Waals surface area contributed by atoms with Gasteiger partial charge in [0.1, 0.15) is 12.3 Å². The average molecular weight is 485 g/mol. The van der Waals surface area contributed by atoms with Gasteiger partial charge in [-0.25, -0.2) is 4.79 Å². The molecule has 0 atom stereocenters. The van der Waals surface area contributed by atoms with Gasteiger partial charge in [-0.05, 0) is 52.4 Å². The van der Waals surface area contributed by atoms with Gasteiger partial charge in [0.15, 0.2) is 11.5 Å². The molecule has 0 unspecified atom stereocenters. The van der Waals surface area contributed by atoms with Crippen molar-refractivity contribution in [3.63, 3.8) is 0 Å². The van der Waals surface area contributed by atoms with Gasteiger partial charge in [0, 0.05) is 10.6 Å². The predicted molar refractivity (Wildman–Crippen MR) is 106 cm³/mol. The van der Waals surface area contributed by atoms with Gasteiger partial charge >= 0.3 is 6.03 Å². The molecule has 3 rings (SSSR count). The Labute approximate surface area is 168 Å². The molecule has 134 valence electrons. The van der Waals surface area contributed by atoms with Gasteiger partial charge in [-0.2, -0.15) is 0 Å². The molecule has 1 saturated heterocycles. The molecule has 0 saturated carbocycles. The van der Waals surface area contributed by atoms with Crippen LogP contribution in [0.4, 0.5) is 4.79 Å². The molecule has 8 heteroatoms. The first-order valence-electron chi connectivity index (χ1n) is 7.55. The molecule has 1 aliphatic heterocycles. The number of urea groups is 1. The summed E-state index contributed by atoms with van der Waals surface area (Å²) in [7, 11) is 1.54. The number of carbonyl (C=O) groups excluding carboxylic acids is 2. The van der Waals surface area contributed by atoms with Gasteiger partial charge in [-0.1, -0.05) is 29.8 Å². The zero-order valence-corrected chi connectivity index (χ0v) is 16.6. The van der Waals surface area contributed by atoms with E-state index >= 15 is 0 Å². The Hall–Kier alpha value is -2.26. The quantitative estimate of drug-likeness (QED) is 0.385. The first kappa shape index (κ1) is 18.5. The molecular weight excluding hydrogens is 471 g/mol. The monoisotopic (exact) mass is 484 g/mol. The minimum Gasteiger partial charge on any atom is -0.493 e. The van der Waals surface area contributed by atoms with Gasteiger partial charge < -0.3 is 14.8 Å². The van der Waals surface area contributed by atoms with Crippen molar-refractivity contribution in [3.8, 4) is 11.5 Å². The molecule has 0 bridgehead atoms. The number of halogens is 2. The van der Waals surface area contributed by atoms with Crippen LogP contribution in [-0.2, 0) is 11.4 Å². The Kier molecular flexibility index (Phi) is 5.67.